The predicted octanol–water partition coefficient (Wildman–Crippen LogP) is 3.22. The molecule has 0 spiro atoms. The van der Waals surface area contributed by atoms with Crippen LogP contribution in [-0.4, -0.2) is 33.8 Å². The van der Waals surface area contributed by atoms with E-state index < -0.39 is 5.97 Å². The van der Waals surface area contributed by atoms with Gasteiger partial charge in [0.1, 0.15) is 0 Å². The number of carbonyl (C=O) groups is 1. The lowest BCUT2D eigenvalue weighted by Gasteiger charge is -2.12. The van der Waals surface area contributed by atoms with Crippen molar-refractivity contribution in [2.45, 2.75) is 61.8 Å². The zero-order valence-electron chi connectivity index (χ0n) is 15.3. The van der Waals surface area contributed by atoms with Gasteiger partial charge in [0.05, 0.1) is 5.92 Å². The van der Waals surface area contributed by atoms with E-state index >= 15 is 0 Å². The van der Waals surface area contributed by atoms with E-state index in [2.05, 4.69) is 45.8 Å². The summed E-state index contributed by atoms with van der Waals surface area (Å²) in [6.07, 6.45) is 5.51. The maximum absolute atomic E-state index is 11.2. The van der Waals surface area contributed by atoms with Crippen LogP contribution in [0.5, 0.6) is 0 Å². The van der Waals surface area contributed by atoms with E-state index in [1.807, 2.05) is 0 Å². The third-order valence-corrected chi connectivity index (χ3v) is 6.62. The van der Waals surface area contributed by atoms with E-state index in [9.17, 15) is 9.90 Å². The molecule has 6 nitrogen and oxygen atoms in total. The van der Waals surface area contributed by atoms with Crippen molar-refractivity contribution in [1.29, 1.82) is 0 Å². The molecule has 1 unspecified atom stereocenters. The maximum Gasteiger partial charge on any atom is 0.306 e. The molecule has 3 saturated carbocycles. The molecule has 1 aromatic carbocycles. The fourth-order valence-corrected chi connectivity index (χ4v) is 4.49. The van der Waals surface area contributed by atoms with Gasteiger partial charge in [-0.2, -0.15) is 4.98 Å². The number of carboxylic acids is 1. The number of hydrogen-bond acceptors (Lipinski definition) is 5. The summed E-state index contributed by atoms with van der Waals surface area (Å²) in [5.74, 6) is 1.18. The molecule has 27 heavy (non-hydrogen) atoms. The van der Waals surface area contributed by atoms with Crippen molar-refractivity contribution in [2.75, 3.05) is 6.54 Å². The minimum absolute atomic E-state index is 0.0103. The molecule has 5 rings (SSSR count). The number of nitrogens with zero attached hydrogens (tertiary/aromatic N) is 2. The number of carboxylic acid groups (broad SMARTS) is 1. The molecule has 4 atom stereocenters. The third kappa shape index (κ3) is 3.27. The SMILES string of the molecule is O=C(O)[C@H]1CC[C@@H](c2nc(C3(CN[C@H]4CC4c4ccccc4)CC3)no2)C1. The molecule has 0 radical (unpaired) electrons. The van der Waals surface area contributed by atoms with E-state index in [0.717, 1.165) is 31.6 Å². The van der Waals surface area contributed by atoms with Crippen molar-refractivity contribution >= 4 is 5.97 Å². The van der Waals surface area contributed by atoms with Crippen molar-refractivity contribution in [3.63, 3.8) is 0 Å². The minimum atomic E-state index is -0.711. The molecule has 3 aliphatic carbocycles. The van der Waals surface area contributed by atoms with Gasteiger partial charge in [-0.25, -0.2) is 0 Å². The van der Waals surface area contributed by atoms with Crippen LogP contribution < -0.4 is 5.32 Å². The first-order valence-corrected chi connectivity index (χ1v) is 10.00. The van der Waals surface area contributed by atoms with Gasteiger partial charge in [-0.15, -0.1) is 0 Å². The summed E-state index contributed by atoms with van der Waals surface area (Å²) in [6.45, 7) is 0.891. The quantitative estimate of drug-likeness (QED) is 0.781. The Bertz CT molecular complexity index is 830. The lowest BCUT2D eigenvalue weighted by molar-refractivity contribution is -0.141. The molecule has 2 N–H and O–H groups in total. The van der Waals surface area contributed by atoms with Crippen molar-refractivity contribution in [3.05, 3.63) is 47.6 Å². The summed E-state index contributed by atoms with van der Waals surface area (Å²) in [7, 11) is 0. The van der Waals surface area contributed by atoms with Gasteiger partial charge in [0.15, 0.2) is 5.82 Å². The fourth-order valence-electron chi connectivity index (χ4n) is 4.49. The van der Waals surface area contributed by atoms with Crippen LogP contribution in [0.3, 0.4) is 0 Å². The lowest BCUT2D eigenvalue weighted by atomic mass is 10.0. The Labute approximate surface area is 158 Å². The van der Waals surface area contributed by atoms with E-state index in [4.69, 9.17) is 4.52 Å². The van der Waals surface area contributed by atoms with E-state index in [1.165, 1.54) is 12.0 Å². The van der Waals surface area contributed by atoms with E-state index in [1.54, 1.807) is 0 Å². The van der Waals surface area contributed by atoms with Crippen LogP contribution in [0, 0.1) is 5.92 Å². The molecular formula is C21H25N3O3. The smallest absolute Gasteiger partial charge is 0.306 e. The normalized spacial score (nSPS) is 31.0. The van der Waals surface area contributed by atoms with Gasteiger partial charge in [0, 0.05) is 29.8 Å². The molecule has 0 bridgehead atoms. The molecular weight excluding hydrogens is 342 g/mol. The first-order valence-electron chi connectivity index (χ1n) is 10.00. The Balaban J connectivity index is 1.19. The lowest BCUT2D eigenvalue weighted by Crippen LogP contribution is -2.30. The molecule has 0 aliphatic heterocycles. The highest BCUT2D eigenvalue weighted by molar-refractivity contribution is 5.70. The van der Waals surface area contributed by atoms with E-state index in [-0.39, 0.29) is 17.3 Å². The number of benzene rings is 1. The molecule has 6 heteroatoms. The topological polar surface area (TPSA) is 88.2 Å². The molecule has 1 aromatic heterocycles. The van der Waals surface area contributed by atoms with Crippen molar-refractivity contribution in [3.8, 4) is 0 Å². The van der Waals surface area contributed by atoms with Gasteiger partial charge in [-0.05, 0) is 44.1 Å². The van der Waals surface area contributed by atoms with Gasteiger partial charge in [0.2, 0.25) is 5.89 Å². The third-order valence-electron chi connectivity index (χ3n) is 6.62. The largest absolute Gasteiger partial charge is 0.481 e. The molecule has 142 valence electrons. The summed E-state index contributed by atoms with van der Waals surface area (Å²) in [4.78, 5) is 15.8. The highest BCUT2D eigenvalue weighted by Gasteiger charge is 2.50. The standard InChI is InChI=1S/C21H25N3O3/c25-19(26)15-7-6-14(10-15)18-23-20(24-27-18)21(8-9-21)12-22-17-11-16(17)13-4-2-1-3-5-13/h1-5,14-17,22H,6-12H2,(H,25,26)/t14-,15+,16?,17+/m1/s1. The number of rotatable bonds is 7. The average molecular weight is 367 g/mol. The minimum Gasteiger partial charge on any atom is -0.481 e. The number of nitrogens with one attached hydrogen (secondary N) is 1. The molecule has 3 aliphatic rings. The predicted molar refractivity (Wildman–Crippen MR) is 98.5 cm³/mol. The summed E-state index contributed by atoms with van der Waals surface area (Å²) in [5, 5.41) is 17.2. The fraction of sp³-hybridized carbons (Fsp3) is 0.571. The van der Waals surface area contributed by atoms with Crippen molar-refractivity contribution < 1.29 is 14.4 Å². The molecule has 0 amide bonds. The maximum atomic E-state index is 11.2. The number of aromatic nitrogens is 2. The second-order valence-corrected chi connectivity index (χ2v) is 8.52. The number of hydrogen-bond donors (Lipinski definition) is 2. The summed E-state index contributed by atoms with van der Waals surface area (Å²) < 4.78 is 5.53. The molecule has 2 aromatic rings. The molecule has 1 heterocycles. The van der Waals surface area contributed by atoms with Crippen LogP contribution in [-0.2, 0) is 10.2 Å². The zero-order chi connectivity index (χ0) is 18.4. The van der Waals surface area contributed by atoms with Gasteiger partial charge < -0.3 is 14.9 Å². The Hall–Kier alpha value is -2.21. The van der Waals surface area contributed by atoms with Crippen LogP contribution in [0.1, 0.15) is 67.6 Å². The second-order valence-electron chi connectivity index (χ2n) is 8.52. The number of aliphatic carboxylic acids is 1. The van der Waals surface area contributed by atoms with Crippen molar-refractivity contribution in [2.24, 2.45) is 5.92 Å². The van der Waals surface area contributed by atoms with Crippen LogP contribution in [0.4, 0.5) is 0 Å². The Morgan fingerprint density at radius 1 is 1.22 bits per heavy atom. The molecule has 0 saturated heterocycles. The van der Waals surface area contributed by atoms with Gasteiger partial charge in [0.25, 0.3) is 0 Å². The summed E-state index contributed by atoms with van der Waals surface area (Å²) in [6, 6.07) is 11.2. The highest BCUT2D eigenvalue weighted by Crippen LogP contribution is 2.49. The Morgan fingerprint density at radius 3 is 2.74 bits per heavy atom. The van der Waals surface area contributed by atoms with Crippen LogP contribution >= 0.6 is 0 Å². The van der Waals surface area contributed by atoms with Crippen LogP contribution in [0.2, 0.25) is 0 Å². The van der Waals surface area contributed by atoms with Crippen molar-refractivity contribution in [1.82, 2.24) is 15.5 Å². The molecule has 3 fully saturated rings. The second kappa shape index (κ2) is 6.44. The highest BCUT2D eigenvalue weighted by atomic mass is 16.5. The Morgan fingerprint density at radius 2 is 2.04 bits per heavy atom. The van der Waals surface area contributed by atoms with E-state index in [0.29, 0.717) is 30.7 Å². The zero-order valence-corrected chi connectivity index (χ0v) is 15.3. The Kier molecular flexibility index (Phi) is 4.04. The first-order chi connectivity index (χ1) is 13.1. The summed E-state index contributed by atoms with van der Waals surface area (Å²) >= 11 is 0. The van der Waals surface area contributed by atoms with Crippen LogP contribution in [0.15, 0.2) is 34.9 Å². The summed E-state index contributed by atoms with van der Waals surface area (Å²) in [5.41, 5.74) is 1.42. The van der Waals surface area contributed by atoms with Gasteiger partial charge in [-0.3, -0.25) is 4.79 Å². The monoisotopic (exact) mass is 367 g/mol. The first kappa shape index (κ1) is 16.9. The van der Waals surface area contributed by atoms with Gasteiger partial charge in [-0.1, -0.05) is 35.5 Å². The average Bonchev–Trinajstić information content (AvgIpc) is 3.52. The van der Waals surface area contributed by atoms with Crippen LogP contribution in [0.25, 0.3) is 0 Å². The van der Waals surface area contributed by atoms with Gasteiger partial charge >= 0.3 is 5.97 Å².